The highest BCUT2D eigenvalue weighted by atomic mass is 35.5. The van der Waals surface area contributed by atoms with E-state index in [1.54, 1.807) is 12.1 Å². The molecule has 3 aromatic heterocycles. The lowest BCUT2D eigenvalue weighted by molar-refractivity contribution is 0.0966. The number of rotatable bonds is 3. The second kappa shape index (κ2) is 6.46. The summed E-state index contributed by atoms with van der Waals surface area (Å²) in [6.07, 6.45) is 1.86. The first-order valence-corrected chi connectivity index (χ1v) is 7.76. The molecule has 2 N–H and O–H groups in total. The highest BCUT2D eigenvalue weighted by Gasteiger charge is 2.11. The monoisotopic (exact) mass is 362 g/mol. The number of thiophene rings is 1. The predicted octanol–water partition coefficient (Wildman–Crippen LogP) is 3.87. The van der Waals surface area contributed by atoms with Crippen molar-refractivity contribution in [1.82, 2.24) is 14.8 Å². The van der Waals surface area contributed by atoms with Gasteiger partial charge in [-0.2, -0.15) is 0 Å². The maximum atomic E-state index is 13.5. The van der Waals surface area contributed by atoms with E-state index < -0.39 is 0 Å². The van der Waals surface area contributed by atoms with Crippen LogP contribution in [0.1, 0.15) is 9.67 Å². The van der Waals surface area contributed by atoms with Crippen molar-refractivity contribution < 1.29 is 9.18 Å². The van der Waals surface area contributed by atoms with Crippen molar-refractivity contribution in [2.45, 2.75) is 0 Å². The molecule has 0 unspecified atom stereocenters. The zero-order chi connectivity index (χ0) is 15.8. The molecule has 0 atom stereocenters. The summed E-state index contributed by atoms with van der Waals surface area (Å²) >= 11 is 1.35. The number of carbonyl (C=O) groups is 1. The van der Waals surface area contributed by atoms with Crippen molar-refractivity contribution in [3.05, 3.63) is 64.7 Å². The number of nitrogens with one attached hydrogen (secondary N) is 2. The Balaban J connectivity index is 0.00000169. The highest BCUT2D eigenvalue weighted by molar-refractivity contribution is 7.12. The molecule has 5 nitrogen and oxygen atoms in total. The summed E-state index contributed by atoms with van der Waals surface area (Å²) in [6, 6.07) is 11.7. The van der Waals surface area contributed by atoms with Gasteiger partial charge in [-0.15, -0.1) is 23.7 Å². The van der Waals surface area contributed by atoms with Gasteiger partial charge in [-0.05, 0) is 35.7 Å². The first-order chi connectivity index (χ1) is 11.2. The van der Waals surface area contributed by atoms with Gasteiger partial charge < -0.3 is 4.40 Å². The van der Waals surface area contributed by atoms with Crippen LogP contribution >= 0.6 is 23.7 Å². The number of benzene rings is 1. The molecule has 1 aromatic carbocycles. The lowest BCUT2D eigenvalue weighted by Gasteiger charge is -2.11. The average Bonchev–Trinajstić information content (AvgIpc) is 3.23. The van der Waals surface area contributed by atoms with Gasteiger partial charge in [0.25, 0.3) is 5.91 Å². The van der Waals surface area contributed by atoms with Gasteiger partial charge in [-0.3, -0.25) is 15.6 Å². The van der Waals surface area contributed by atoms with E-state index in [-0.39, 0.29) is 24.1 Å². The average molecular weight is 363 g/mol. The summed E-state index contributed by atoms with van der Waals surface area (Å²) in [4.78, 5) is 17.0. The van der Waals surface area contributed by atoms with Crippen LogP contribution < -0.4 is 10.9 Å². The van der Waals surface area contributed by atoms with Crippen molar-refractivity contribution in [3.8, 4) is 0 Å². The van der Waals surface area contributed by atoms with Gasteiger partial charge in [0.15, 0.2) is 5.82 Å². The minimum absolute atomic E-state index is 0. The Morgan fingerprint density at radius 1 is 1.17 bits per heavy atom. The van der Waals surface area contributed by atoms with Crippen molar-refractivity contribution >= 4 is 52.0 Å². The van der Waals surface area contributed by atoms with E-state index in [1.165, 1.54) is 23.5 Å². The van der Waals surface area contributed by atoms with Crippen LogP contribution in [0.4, 0.5) is 10.2 Å². The fraction of sp³-hybridized carbons (Fsp3) is 0. The molecule has 4 aromatic rings. The van der Waals surface area contributed by atoms with Crippen molar-refractivity contribution in [3.63, 3.8) is 0 Å². The SMILES string of the molecule is Cl.O=C(NNc1nc2cc(F)ccc2n2cccc12)c1cccs1. The molecular formula is C16H12ClFN4OS. The molecule has 0 spiro atoms. The number of carbonyl (C=O) groups excluding carboxylic acids is 1. The molecule has 0 aliphatic carbocycles. The van der Waals surface area contributed by atoms with Gasteiger partial charge in [0, 0.05) is 12.3 Å². The van der Waals surface area contributed by atoms with E-state index in [9.17, 15) is 9.18 Å². The summed E-state index contributed by atoms with van der Waals surface area (Å²) in [6.45, 7) is 0. The highest BCUT2D eigenvalue weighted by Crippen LogP contribution is 2.22. The van der Waals surface area contributed by atoms with E-state index in [0.717, 1.165) is 11.0 Å². The Bertz CT molecular complexity index is 1020. The van der Waals surface area contributed by atoms with E-state index in [4.69, 9.17) is 0 Å². The molecule has 0 radical (unpaired) electrons. The third-order valence-electron chi connectivity index (χ3n) is 3.46. The topological polar surface area (TPSA) is 58.4 Å². The number of nitrogens with zero attached hydrogens (tertiary/aromatic N) is 2. The largest absolute Gasteiger partial charge is 0.312 e. The molecule has 8 heteroatoms. The number of hydrogen-bond acceptors (Lipinski definition) is 4. The summed E-state index contributed by atoms with van der Waals surface area (Å²) < 4.78 is 15.3. The first-order valence-electron chi connectivity index (χ1n) is 6.88. The van der Waals surface area contributed by atoms with Crippen LogP contribution in [0.25, 0.3) is 16.6 Å². The fourth-order valence-corrected chi connectivity index (χ4v) is 3.05. The minimum Gasteiger partial charge on any atom is -0.312 e. The Morgan fingerprint density at radius 2 is 2.04 bits per heavy atom. The number of hydrazine groups is 1. The summed E-state index contributed by atoms with van der Waals surface area (Å²) in [5, 5.41) is 1.83. The Morgan fingerprint density at radius 3 is 2.83 bits per heavy atom. The number of halogens is 2. The van der Waals surface area contributed by atoms with Gasteiger partial charge >= 0.3 is 0 Å². The smallest absolute Gasteiger partial charge is 0.279 e. The maximum Gasteiger partial charge on any atom is 0.279 e. The van der Waals surface area contributed by atoms with E-state index in [0.29, 0.717) is 16.2 Å². The summed E-state index contributed by atoms with van der Waals surface area (Å²) in [5.74, 6) is -0.145. The Kier molecular flexibility index (Phi) is 4.37. The number of fused-ring (bicyclic) bond motifs is 3. The lowest BCUT2D eigenvalue weighted by atomic mass is 10.3. The number of anilines is 1. The third-order valence-corrected chi connectivity index (χ3v) is 4.33. The zero-order valence-electron chi connectivity index (χ0n) is 12.2. The van der Waals surface area contributed by atoms with Crippen molar-refractivity contribution in [1.29, 1.82) is 0 Å². The van der Waals surface area contributed by atoms with Crippen LogP contribution in [0.15, 0.2) is 54.0 Å². The van der Waals surface area contributed by atoms with Crippen LogP contribution in [0.5, 0.6) is 0 Å². The van der Waals surface area contributed by atoms with Crippen LogP contribution in [-0.2, 0) is 0 Å². The van der Waals surface area contributed by atoms with Gasteiger partial charge in [0.1, 0.15) is 5.82 Å². The lowest BCUT2D eigenvalue weighted by Crippen LogP contribution is -2.29. The van der Waals surface area contributed by atoms with E-state index in [1.807, 2.05) is 34.2 Å². The van der Waals surface area contributed by atoms with Crippen LogP contribution in [0.2, 0.25) is 0 Å². The second-order valence-electron chi connectivity index (χ2n) is 4.91. The number of aromatic nitrogens is 2. The molecule has 0 fully saturated rings. The normalized spacial score (nSPS) is 10.5. The van der Waals surface area contributed by atoms with Crippen LogP contribution in [-0.4, -0.2) is 15.3 Å². The quantitative estimate of drug-likeness (QED) is 0.544. The number of amides is 1. The van der Waals surface area contributed by atoms with Gasteiger partial charge in [-0.25, -0.2) is 9.37 Å². The minimum atomic E-state index is -0.356. The summed E-state index contributed by atoms with van der Waals surface area (Å²) in [5.41, 5.74) is 7.52. The predicted molar refractivity (Wildman–Crippen MR) is 95.3 cm³/mol. The summed E-state index contributed by atoms with van der Waals surface area (Å²) in [7, 11) is 0. The molecule has 122 valence electrons. The maximum absolute atomic E-state index is 13.5. The fourth-order valence-electron chi connectivity index (χ4n) is 2.43. The second-order valence-corrected chi connectivity index (χ2v) is 5.86. The molecule has 3 heterocycles. The molecule has 0 aliphatic rings. The molecule has 0 saturated carbocycles. The van der Waals surface area contributed by atoms with Gasteiger partial charge in [-0.1, -0.05) is 6.07 Å². The Labute approximate surface area is 146 Å². The van der Waals surface area contributed by atoms with Crippen LogP contribution in [0.3, 0.4) is 0 Å². The third kappa shape index (κ3) is 2.79. The molecule has 4 rings (SSSR count). The zero-order valence-corrected chi connectivity index (χ0v) is 13.8. The molecule has 0 aliphatic heterocycles. The van der Waals surface area contributed by atoms with Crippen LogP contribution in [0, 0.1) is 5.82 Å². The molecule has 0 saturated heterocycles. The first kappa shape index (κ1) is 16.2. The molecular weight excluding hydrogens is 351 g/mol. The van der Waals surface area contributed by atoms with E-state index >= 15 is 0 Å². The standard InChI is InChI=1S/C16H11FN4OS.ClH/c17-10-5-6-12-11(9-10)18-15(13-3-1-7-21(12)13)19-20-16(22)14-4-2-8-23-14;/h1-9H,(H,18,19)(H,20,22);1H. The molecule has 0 bridgehead atoms. The molecule has 24 heavy (non-hydrogen) atoms. The van der Waals surface area contributed by atoms with Gasteiger partial charge in [0.2, 0.25) is 0 Å². The van der Waals surface area contributed by atoms with E-state index in [2.05, 4.69) is 15.8 Å². The Hall–Kier alpha value is -2.64. The van der Waals surface area contributed by atoms with Crippen molar-refractivity contribution in [2.24, 2.45) is 0 Å². The molecule has 1 amide bonds. The van der Waals surface area contributed by atoms with Gasteiger partial charge in [0.05, 0.1) is 21.4 Å². The van der Waals surface area contributed by atoms with Crippen molar-refractivity contribution in [2.75, 3.05) is 5.43 Å². The number of hydrogen-bond donors (Lipinski definition) is 2.